The fourth-order valence-corrected chi connectivity index (χ4v) is 6.66. The normalized spacial score (nSPS) is 10.7. The number of aryl methyl sites for hydroxylation is 1. The molecule has 0 amide bonds. The molecule has 0 fully saturated rings. The van der Waals surface area contributed by atoms with Crippen LogP contribution in [0, 0.1) is 6.92 Å². The van der Waals surface area contributed by atoms with Gasteiger partial charge in [0.05, 0.1) is 6.66 Å². The number of hydrogen-bond donors (Lipinski definition) is 0. The molecule has 4 rings (SSSR count). The molecule has 0 saturated carbocycles. The van der Waals surface area contributed by atoms with E-state index in [9.17, 15) is 0 Å². The summed E-state index contributed by atoms with van der Waals surface area (Å²) in [5.74, 6) is 0. The Morgan fingerprint density at radius 2 is 0.821 bits per heavy atom. The van der Waals surface area contributed by atoms with E-state index >= 15 is 0 Å². The van der Waals surface area contributed by atoms with Crippen LogP contribution in [-0.4, -0.2) is 6.66 Å². The van der Waals surface area contributed by atoms with Gasteiger partial charge < -0.3 is 0 Å². The van der Waals surface area contributed by atoms with E-state index in [1.165, 1.54) is 25.9 Å². The molecule has 0 aliphatic rings. The number of halogens is 1. The Morgan fingerprint density at radius 1 is 0.500 bits per heavy atom. The van der Waals surface area contributed by atoms with Crippen LogP contribution in [0.15, 0.2) is 120 Å². The van der Waals surface area contributed by atoms with Crippen molar-refractivity contribution < 1.29 is 0 Å². The van der Waals surface area contributed by atoms with Crippen molar-refractivity contribution in [3.05, 3.63) is 125 Å². The van der Waals surface area contributed by atoms with E-state index in [1.807, 2.05) is 18.2 Å². The molecule has 0 atom stereocenters. The van der Waals surface area contributed by atoms with Gasteiger partial charge in [-0.3, -0.25) is 0 Å². The highest BCUT2D eigenvalue weighted by atomic mass is 79.9. The molecule has 0 heterocycles. The molecule has 0 nitrogen and oxygen atoms in total. The van der Waals surface area contributed by atoms with Crippen molar-refractivity contribution in [2.75, 3.05) is 6.66 Å². The van der Waals surface area contributed by atoms with Crippen LogP contribution in [0.5, 0.6) is 0 Å². The molecule has 0 aromatic heterocycles. The van der Waals surface area contributed by atoms with Crippen molar-refractivity contribution >= 4 is 39.1 Å². The Morgan fingerprint density at radius 3 is 1.11 bits per heavy atom. The molecule has 0 spiro atoms. The highest BCUT2D eigenvalue weighted by molar-refractivity contribution is 9.10. The van der Waals surface area contributed by atoms with Crippen LogP contribution in [0.2, 0.25) is 0 Å². The van der Waals surface area contributed by atoms with Gasteiger partial charge in [0, 0.05) is 4.47 Å². The van der Waals surface area contributed by atoms with Gasteiger partial charge in [-0.05, 0) is 55.0 Å². The van der Waals surface area contributed by atoms with Gasteiger partial charge >= 0.3 is 0 Å². The van der Waals surface area contributed by atoms with E-state index in [2.05, 4.69) is 127 Å². The molecule has 4 aromatic carbocycles. The van der Waals surface area contributed by atoms with Crippen LogP contribution in [0.3, 0.4) is 0 Å². The van der Waals surface area contributed by atoms with Crippen molar-refractivity contribution in [1.82, 2.24) is 0 Å². The van der Waals surface area contributed by atoms with Crippen LogP contribution in [0.25, 0.3) is 0 Å². The van der Waals surface area contributed by atoms with Crippen molar-refractivity contribution in [2.45, 2.75) is 6.92 Å². The minimum atomic E-state index is -1.53. The first kappa shape index (κ1) is 20.5. The maximum Gasteiger partial charge on any atom is 0.109 e. The summed E-state index contributed by atoms with van der Waals surface area (Å²) < 4.78 is 1.18. The Bertz CT molecular complexity index is 865. The van der Waals surface area contributed by atoms with E-state index in [0.29, 0.717) is 0 Å². The second kappa shape index (κ2) is 9.82. The standard InChI is InChI=1S/C19H18P.C7H7Br/c1-20(17-11-5-2-6-12-17,18-13-7-3-8-14-18)19-15-9-4-10-16-19;1-6-4-2-3-5-7(6)8/h2-16H,1H3;2-5H,1H3/q+1;. The first-order valence-electron chi connectivity index (χ1n) is 9.37. The molecule has 0 aliphatic heterocycles. The van der Waals surface area contributed by atoms with Crippen LogP contribution < -0.4 is 15.9 Å². The zero-order valence-electron chi connectivity index (χ0n) is 16.3. The van der Waals surface area contributed by atoms with E-state index in [-0.39, 0.29) is 0 Å². The smallest absolute Gasteiger partial charge is 0.0620 e. The van der Waals surface area contributed by atoms with Crippen molar-refractivity contribution in [3.63, 3.8) is 0 Å². The molecule has 140 valence electrons. The van der Waals surface area contributed by atoms with E-state index in [0.717, 1.165) is 0 Å². The first-order chi connectivity index (χ1) is 13.6. The second-order valence-electron chi connectivity index (χ2n) is 6.76. The maximum atomic E-state index is 3.40. The van der Waals surface area contributed by atoms with Crippen molar-refractivity contribution in [3.8, 4) is 0 Å². The predicted octanol–water partition coefficient (Wildman–Crippen LogP) is 6.37. The zero-order valence-corrected chi connectivity index (χ0v) is 18.8. The fourth-order valence-electron chi connectivity index (χ4n) is 3.18. The molecule has 0 aliphatic carbocycles. The minimum absolute atomic E-state index is 1.18. The third-order valence-electron chi connectivity index (χ3n) is 4.89. The van der Waals surface area contributed by atoms with Gasteiger partial charge in [0.1, 0.15) is 23.2 Å². The van der Waals surface area contributed by atoms with Gasteiger partial charge in [-0.2, -0.15) is 0 Å². The Balaban J connectivity index is 0.000000236. The molecule has 0 unspecified atom stereocenters. The van der Waals surface area contributed by atoms with Crippen molar-refractivity contribution in [2.24, 2.45) is 0 Å². The van der Waals surface area contributed by atoms with Crippen LogP contribution >= 0.6 is 23.2 Å². The van der Waals surface area contributed by atoms with Crippen LogP contribution in [0.1, 0.15) is 5.56 Å². The molecule has 0 radical (unpaired) electrons. The summed E-state index contributed by atoms with van der Waals surface area (Å²) >= 11 is 3.40. The van der Waals surface area contributed by atoms with E-state index in [1.54, 1.807) is 0 Å². The van der Waals surface area contributed by atoms with E-state index < -0.39 is 7.26 Å². The lowest BCUT2D eigenvalue weighted by Crippen LogP contribution is -2.30. The molecular weight excluding hydrogens is 423 g/mol. The third kappa shape index (κ3) is 4.79. The number of rotatable bonds is 3. The number of benzene rings is 4. The molecule has 0 N–H and O–H groups in total. The average Bonchev–Trinajstić information content (AvgIpc) is 2.77. The summed E-state index contributed by atoms with van der Waals surface area (Å²) in [4.78, 5) is 0. The third-order valence-corrected chi connectivity index (χ3v) is 9.78. The molecule has 0 saturated heterocycles. The van der Waals surface area contributed by atoms with Gasteiger partial charge in [-0.25, -0.2) is 0 Å². The lowest BCUT2D eigenvalue weighted by molar-refractivity contribution is 1.43. The number of hydrogen-bond acceptors (Lipinski definition) is 0. The predicted molar refractivity (Wildman–Crippen MR) is 130 cm³/mol. The van der Waals surface area contributed by atoms with Gasteiger partial charge in [0.15, 0.2) is 0 Å². The second-order valence-corrected chi connectivity index (χ2v) is 11.2. The summed E-state index contributed by atoms with van der Waals surface area (Å²) in [7, 11) is -1.53. The molecular formula is C26H25BrP+. The monoisotopic (exact) mass is 447 g/mol. The molecule has 2 heteroatoms. The van der Waals surface area contributed by atoms with Gasteiger partial charge in [-0.1, -0.05) is 88.7 Å². The lowest BCUT2D eigenvalue weighted by atomic mass is 10.2. The van der Waals surface area contributed by atoms with Gasteiger partial charge in [-0.15, -0.1) is 0 Å². The van der Waals surface area contributed by atoms with Gasteiger partial charge in [0.25, 0.3) is 0 Å². The summed E-state index contributed by atoms with van der Waals surface area (Å²) in [6.45, 7) is 4.48. The zero-order chi connectivity index (χ0) is 19.8. The highest BCUT2D eigenvalue weighted by Gasteiger charge is 2.39. The quantitative estimate of drug-likeness (QED) is 0.320. The average molecular weight is 448 g/mol. The summed E-state index contributed by atoms with van der Waals surface area (Å²) in [6, 6.07) is 40.8. The van der Waals surface area contributed by atoms with Gasteiger partial charge in [0.2, 0.25) is 0 Å². The molecule has 4 aromatic rings. The molecule has 0 bridgehead atoms. The Labute approximate surface area is 177 Å². The SMILES string of the molecule is C[P+](c1ccccc1)(c1ccccc1)c1ccccc1.Cc1ccccc1Br. The maximum absolute atomic E-state index is 3.40. The largest absolute Gasteiger partial charge is 0.109 e. The summed E-state index contributed by atoms with van der Waals surface area (Å²) in [5.41, 5.74) is 1.28. The Kier molecular flexibility index (Phi) is 7.20. The van der Waals surface area contributed by atoms with E-state index in [4.69, 9.17) is 0 Å². The Hall–Kier alpha value is -2.21. The minimum Gasteiger partial charge on any atom is -0.0620 e. The first-order valence-corrected chi connectivity index (χ1v) is 12.4. The fraction of sp³-hybridized carbons (Fsp3) is 0.0769. The topological polar surface area (TPSA) is 0 Å². The lowest BCUT2D eigenvalue weighted by Gasteiger charge is -2.22. The van der Waals surface area contributed by atoms with Crippen LogP contribution in [-0.2, 0) is 0 Å². The van der Waals surface area contributed by atoms with Crippen LogP contribution in [0.4, 0.5) is 0 Å². The summed E-state index contributed by atoms with van der Waals surface area (Å²) in [5, 5.41) is 4.28. The van der Waals surface area contributed by atoms with Crippen molar-refractivity contribution in [1.29, 1.82) is 0 Å². The summed E-state index contributed by atoms with van der Waals surface area (Å²) in [6.07, 6.45) is 0. The molecule has 28 heavy (non-hydrogen) atoms. The highest BCUT2D eigenvalue weighted by Crippen LogP contribution is 2.51.